The van der Waals surface area contributed by atoms with Crippen LogP contribution in [0.4, 0.5) is 9.93 Å². The minimum atomic E-state index is -1.20. The number of rotatable bonds is 5. The van der Waals surface area contributed by atoms with Crippen molar-refractivity contribution >= 4 is 57.3 Å². The van der Waals surface area contributed by atoms with E-state index in [1.54, 1.807) is 42.6 Å². The van der Waals surface area contributed by atoms with Crippen molar-refractivity contribution < 1.29 is 14.4 Å². The second-order valence-electron chi connectivity index (χ2n) is 6.50. The number of nitrogens with zero attached hydrogens (tertiary/aromatic N) is 2. The number of hydrogen-bond donors (Lipinski definition) is 2. The molecule has 1 aliphatic heterocycles. The number of nitrogens with one attached hydrogen (secondary N) is 2. The van der Waals surface area contributed by atoms with Crippen molar-refractivity contribution in [1.82, 2.24) is 15.2 Å². The van der Waals surface area contributed by atoms with Crippen molar-refractivity contribution in [3.05, 3.63) is 57.7 Å². The second-order valence-corrected chi connectivity index (χ2v) is 9.08. The predicted molar refractivity (Wildman–Crippen MR) is 113 cm³/mol. The molecule has 2 N–H and O–H groups in total. The Bertz CT molecular complexity index is 1100. The van der Waals surface area contributed by atoms with E-state index in [2.05, 4.69) is 15.6 Å². The topological polar surface area (TPSA) is 91.4 Å². The summed E-state index contributed by atoms with van der Waals surface area (Å²) in [5.74, 6) is -0.979. The first-order chi connectivity index (χ1) is 13.9. The first-order valence-corrected chi connectivity index (χ1v) is 10.6. The van der Waals surface area contributed by atoms with E-state index in [-0.39, 0.29) is 0 Å². The van der Waals surface area contributed by atoms with Crippen LogP contribution in [0.25, 0.3) is 10.6 Å². The molecule has 7 nitrogen and oxygen atoms in total. The molecule has 29 heavy (non-hydrogen) atoms. The van der Waals surface area contributed by atoms with Crippen LogP contribution in [0, 0.1) is 0 Å². The minimum absolute atomic E-state index is 0.382. The number of hydrogen-bond acceptors (Lipinski definition) is 6. The van der Waals surface area contributed by atoms with Gasteiger partial charge in [-0.2, -0.15) is 0 Å². The summed E-state index contributed by atoms with van der Waals surface area (Å²) in [6.07, 6.45) is 0. The van der Waals surface area contributed by atoms with Gasteiger partial charge in [-0.3, -0.25) is 14.5 Å². The molecule has 4 amide bonds. The molecule has 148 valence electrons. The molecule has 4 rings (SSSR count). The van der Waals surface area contributed by atoms with Crippen molar-refractivity contribution in [2.45, 2.75) is 12.5 Å². The highest BCUT2D eigenvalue weighted by Gasteiger charge is 2.49. The molecule has 2 aromatic heterocycles. The van der Waals surface area contributed by atoms with Crippen molar-refractivity contribution in [3.63, 3.8) is 0 Å². The average Bonchev–Trinajstić information content (AvgIpc) is 3.39. The Hall–Kier alpha value is -2.75. The molecule has 3 heterocycles. The van der Waals surface area contributed by atoms with Crippen LogP contribution in [0.1, 0.15) is 12.5 Å². The highest BCUT2D eigenvalue weighted by Crippen LogP contribution is 2.33. The quantitative estimate of drug-likeness (QED) is 0.581. The summed E-state index contributed by atoms with van der Waals surface area (Å²) in [7, 11) is 0. The van der Waals surface area contributed by atoms with E-state index in [1.807, 2.05) is 12.1 Å². The van der Waals surface area contributed by atoms with Gasteiger partial charge in [0.05, 0.1) is 14.9 Å². The molecule has 0 bridgehead atoms. The minimum Gasteiger partial charge on any atom is -0.319 e. The number of amides is 4. The predicted octanol–water partition coefficient (Wildman–Crippen LogP) is 3.93. The van der Waals surface area contributed by atoms with Gasteiger partial charge in [-0.05, 0) is 24.6 Å². The van der Waals surface area contributed by atoms with E-state index in [1.165, 1.54) is 22.7 Å². The third kappa shape index (κ3) is 3.76. The molecule has 1 unspecified atom stereocenters. The first kappa shape index (κ1) is 19.6. The Morgan fingerprint density at radius 2 is 2.00 bits per heavy atom. The molecule has 0 saturated carbocycles. The third-order valence-electron chi connectivity index (χ3n) is 4.50. The number of thiazole rings is 1. The number of benzene rings is 1. The first-order valence-electron chi connectivity index (χ1n) is 8.57. The number of imide groups is 1. The number of halogens is 1. The maximum Gasteiger partial charge on any atom is 0.325 e. The monoisotopic (exact) mass is 446 g/mol. The lowest BCUT2D eigenvalue weighted by atomic mass is 9.92. The fourth-order valence-corrected chi connectivity index (χ4v) is 4.81. The Morgan fingerprint density at radius 3 is 2.69 bits per heavy atom. The maximum absolute atomic E-state index is 12.9. The Balaban J connectivity index is 1.44. The molecule has 0 radical (unpaired) electrons. The zero-order valence-electron chi connectivity index (χ0n) is 15.1. The van der Waals surface area contributed by atoms with Crippen molar-refractivity contribution in [1.29, 1.82) is 0 Å². The van der Waals surface area contributed by atoms with E-state index in [9.17, 15) is 14.4 Å². The smallest absolute Gasteiger partial charge is 0.319 e. The number of aromatic nitrogens is 1. The highest BCUT2D eigenvalue weighted by atomic mass is 35.5. The van der Waals surface area contributed by atoms with E-state index in [0.29, 0.717) is 20.7 Å². The number of thiophene rings is 1. The molecular weight excluding hydrogens is 432 g/mol. The van der Waals surface area contributed by atoms with Crippen LogP contribution >= 0.6 is 34.3 Å². The number of anilines is 1. The van der Waals surface area contributed by atoms with E-state index in [4.69, 9.17) is 11.6 Å². The fourth-order valence-electron chi connectivity index (χ4n) is 3.01. The highest BCUT2D eigenvalue weighted by molar-refractivity contribution is 7.20. The SMILES string of the molecule is CC1(c2ccccc2)NC(=O)N(CC(=O)Nc2nc(-c3ccc(Cl)s3)cs2)C1=O. The van der Waals surface area contributed by atoms with Gasteiger partial charge in [0, 0.05) is 5.38 Å². The molecule has 1 aromatic carbocycles. The van der Waals surface area contributed by atoms with Gasteiger partial charge in [0.2, 0.25) is 5.91 Å². The van der Waals surface area contributed by atoms with Crippen LogP contribution < -0.4 is 10.6 Å². The van der Waals surface area contributed by atoms with Gasteiger partial charge in [-0.15, -0.1) is 22.7 Å². The molecule has 1 fully saturated rings. The van der Waals surface area contributed by atoms with Gasteiger partial charge in [-0.1, -0.05) is 41.9 Å². The van der Waals surface area contributed by atoms with Crippen LogP contribution in [0.3, 0.4) is 0 Å². The summed E-state index contributed by atoms with van der Waals surface area (Å²) in [6, 6.07) is 11.9. The zero-order chi connectivity index (χ0) is 20.6. The average molecular weight is 447 g/mol. The van der Waals surface area contributed by atoms with Crippen LogP contribution in [0.2, 0.25) is 4.34 Å². The van der Waals surface area contributed by atoms with Crippen LogP contribution in [-0.2, 0) is 15.1 Å². The van der Waals surface area contributed by atoms with Gasteiger partial charge >= 0.3 is 6.03 Å². The molecule has 1 atom stereocenters. The standard InChI is InChI=1S/C19H15ClN4O3S2/c1-19(11-5-3-2-4-6-11)16(26)24(18(27)23-19)9-15(25)22-17-21-12(10-28-17)13-7-8-14(20)29-13/h2-8,10H,9H2,1H3,(H,23,27)(H,21,22,25). The van der Waals surface area contributed by atoms with Crippen LogP contribution in [-0.4, -0.2) is 34.3 Å². The summed E-state index contributed by atoms with van der Waals surface area (Å²) in [5.41, 5.74) is 0.153. The lowest BCUT2D eigenvalue weighted by molar-refractivity contribution is -0.133. The van der Waals surface area contributed by atoms with E-state index in [0.717, 1.165) is 9.78 Å². The molecule has 0 spiro atoms. The summed E-state index contributed by atoms with van der Waals surface area (Å²) >= 11 is 8.58. The van der Waals surface area contributed by atoms with Gasteiger partial charge in [0.1, 0.15) is 12.1 Å². The van der Waals surface area contributed by atoms with Gasteiger partial charge in [0.25, 0.3) is 5.91 Å². The van der Waals surface area contributed by atoms with Crippen molar-refractivity contribution in [2.24, 2.45) is 0 Å². The largest absolute Gasteiger partial charge is 0.325 e. The summed E-state index contributed by atoms with van der Waals surface area (Å²) in [4.78, 5) is 43.8. The molecule has 10 heteroatoms. The zero-order valence-corrected chi connectivity index (χ0v) is 17.5. The van der Waals surface area contributed by atoms with Crippen LogP contribution in [0.15, 0.2) is 47.8 Å². The van der Waals surface area contributed by atoms with Crippen molar-refractivity contribution in [3.8, 4) is 10.6 Å². The van der Waals surface area contributed by atoms with Crippen molar-refractivity contribution in [2.75, 3.05) is 11.9 Å². The maximum atomic E-state index is 12.9. The van der Waals surface area contributed by atoms with Gasteiger partial charge in [0.15, 0.2) is 5.13 Å². The molecule has 1 saturated heterocycles. The summed E-state index contributed by atoms with van der Waals surface area (Å²) in [5, 5.41) is 7.50. The Morgan fingerprint density at radius 1 is 1.24 bits per heavy atom. The number of carbonyl (C=O) groups is 3. The van der Waals surface area contributed by atoms with Gasteiger partial charge < -0.3 is 10.6 Å². The summed E-state index contributed by atoms with van der Waals surface area (Å²) < 4.78 is 0.651. The summed E-state index contributed by atoms with van der Waals surface area (Å²) in [6.45, 7) is 1.23. The molecular formula is C19H15ClN4O3S2. The lowest BCUT2D eigenvalue weighted by Gasteiger charge is -2.21. The van der Waals surface area contributed by atoms with Crippen LogP contribution in [0.5, 0.6) is 0 Å². The molecule has 0 aliphatic carbocycles. The lowest BCUT2D eigenvalue weighted by Crippen LogP contribution is -2.42. The molecule has 1 aliphatic rings. The Labute approximate surface area is 179 Å². The Kier molecular flexibility index (Phi) is 5.12. The van der Waals surface area contributed by atoms with Gasteiger partial charge in [-0.25, -0.2) is 9.78 Å². The van der Waals surface area contributed by atoms with E-state index >= 15 is 0 Å². The normalized spacial score (nSPS) is 18.8. The number of carbonyl (C=O) groups excluding carboxylic acids is 3. The fraction of sp³-hybridized carbons (Fsp3) is 0.158. The molecule has 3 aromatic rings. The van der Waals surface area contributed by atoms with E-state index < -0.39 is 29.9 Å². The second kappa shape index (κ2) is 7.58. The third-order valence-corrected chi connectivity index (χ3v) is 6.52. The number of urea groups is 1.